The second-order valence-electron chi connectivity index (χ2n) is 4.14. The molecule has 21 heavy (non-hydrogen) atoms. The summed E-state index contributed by atoms with van der Waals surface area (Å²) in [5.74, 6) is -0.573. The van der Waals surface area contributed by atoms with Crippen LogP contribution < -0.4 is 21.7 Å². The number of hydrogen-bond acceptors (Lipinski definition) is 4. The number of nitrogens with two attached hydrogens (primary N) is 1. The van der Waals surface area contributed by atoms with Crippen molar-refractivity contribution in [2.24, 2.45) is 5.73 Å². The minimum absolute atomic E-state index is 0.290. The molecule has 0 saturated heterocycles. The fourth-order valence-electron chi connectivity index (χ4n) is 1.05. The number of rotatable bonds is 7. The minimum atomic E-state index is -0.573. The summed E-state index contributed by atoms with van der Waals surface area (Å²) in [6, 6.07) is 0.682. The van der Waals surface area contributed by atoms with Crippen LogP contribution in [0.1, 0.15) is 46.0 Å². The zero-order valence-corrected chi connectivity index (χ0v) is 12.7. The van der Waals surface area contributed by atoms with Crippen LogP contribution in [0, 0.1) is 11.3 Å². The smallest absolute Gasteiger partial charge is 0.321 e. The average Bonchev–Trinajstić information content (AvgIpc) is 2.40. The lowest BCUT2D eigenvalue weighted by atomic mass is 10.3. The summed E-state index contributed by atoms with van der Waals surface area (Å²) >= 11 is 0. The Morgan fingerprint density at radius 2 is 1.57 bits per heavy atom. The van der Waals surface area contributed by atoms with Crippen LogP contribution in [0.2, 0.25) is 0 Å². The Bertz CT molecular complexity index is 352. The number of urea groups is 2. The predicted octanol–water partition coefficient (Wildman–Crippen LogP) is 0.981. The summed E-state index contributed by atoms with van der Waals surface area (Å²) in [4.78, 5) is 31.5. The van der Waals surface area contributed by atoms with Crippen molar-refractivity contribution >= 4 is 18.0 Å². The third kappa shape index (κ3) is 20.2. The maximum absolute atomic E-state index is 10.9. The number of amides is 5. The van der Waals surface area contributed by atoms with Crippen molar-refractivity contribution in [2.75, 3.05) is 13.1 Å². The van der Waals surface area contributed by atoms with E-state index >= 15 is 0 Å². The number of hydrogen-bond donors (Lipinski definition) is 4. The van der Waals surface area contributed by atoms with Crippen LogP contribution in [0.5, 0.6) is 0 Å². The Labute approximate surface area is 125 Å². The molecule has 8 heteroatoms. The molecule has 0 unspecified atom stereocenters. The van der Waals surface area contributed by atoms with Crippen molar-refractivity contribution in [3.05, 3.63) is 0 Å². The van der Waals surface area contributed by atoms with E-state index < -0.39 is 18.0 Å². The van der Waals surface area contributed by atoms with Gasteiger partial charge in [-0.1, -0.05) is 26.7 Å². The summed E-state index contributed by atoms with van der Waals surface area (Å²) < 4.78 is 0. The number of nitrogens with one attached hydrogen (secondary N) is 3. The summed E-state index contributed by atoms with van der Waals surface area (Å²) in [7, 11) is 0. The first-order valence-corrected chi connectivity index (χ1v) is 6.95. The Morgan fingerprint density at radius 3 is 2.00 bits per heavy atom. The molecule has 5 amide bonds. The van der Waals surface area contributed by atoms with Gasteiger partial charge in [-0.2, -0.15) is 5.26 Å². The van der Waals surface area contributed by atoms with Gasteiger partial charge in [0.25, 0.3) is 0 Å². The highest BCUT2D eigenvalue weighted by molar-refractivity contribution is 5.95. The van der Waals surface area contributed by atoms with E-state index in [1.54, 1.807) is 6.07 Å². The maximum atomic E-state index is 10.9. The minimum Gasteiger partial charge on any atom is -0.352 e. The van der Waals surface area contributed by atoms with Gasteiger partial charge in [0.1, 0.15) is 6.42 Å². The summed E-state index contributed by atoms with van der Waals surface area (Å²) in [5.41, 5.74) is 4.78. The van der Waals surface area contributed by atoms with Gasteiger partial charge < -0.3 is 16.4 Å². The highest BCUT2D eigenvalue weighted by Gasteiger charge is 2.04. The topological polar surface area (TPSA) is 137 Å². The molecule has 0 atom stereocenters. The van der Waals surface area contributed by atoms with Crippen molar-refractivity contribution in [3.63, 3.8) is 0 Å². The van der Waals surface area contributed by atoms with Gasteiger partial charge in [0.15, 0.2) is 0 Å². The van der Waals surface area contributed by atoms with Gasteiger partial charge >= 0.3 is 12.1 Å². The summed E-state index contributed by atoms with van der Waals surface area (Å²) in [6.45, 7) is 5.30. The Kier molecular flexibility index (Phi) is 15.8. The Balaban J connectivity index is 0. The lowest BCUT2D eigenvalue weighted by molar-refractivity contribution is -0.119. The molecule has 5 N–H and O–H groups in total. The SMILES string of the molecule is CCCCNC(=O)NC(=O)CC#N.CCCCNC(N)=O. The zero-order valence-electron chi connectivity index (χ0n) is 12.7. The lowest BCUT2D eigenvalue weighted by Crippen LogP contribution is -2.39. The molecule has 0 saturated carbocycles. The molecule has 0 aromatic heterocycles. The first-order chi connectivity index (χ1) is 9.97. The van der Waals surface area contributed by atoms with Gasteiger partial charge in [-0.25, -0.2) is 9.59 Å². The number of carbonyl (C=O) groups excluding carboxylic acids is 3. The molecule has 0 aliphatic rings. The average molecular weight is 299 g/mol. The monoisotopic (exact) mass is 299 g/mol. The second-order valence-corrected chi connectivity index (χ2v) is 4.14. The van der Waals surface area contributed by atoms with E-state index in [4.69, 9.17) is 11.0 Å². The molecule has 0 bridgehead atoms. The van der Waals surface area contributed by atoms with E-state index in [1.165, 1.54) is 0 Å². The van der Waals surface area contributed by atoms with E-state index in [-0.39, 0.29) is 6.42 Å². The molecule has 0 heterocycles. The molecule has 120 valence electrons. The number of unbranched alkanes of at least 4 members (excludes halogenated alkanes) is 2. The number of carbonyl (C=O) groups is 3. The molecule has 0 aliphatic heterocycles. The van der Waals surface area contributed by atoms with Gasteiger partial charge in [0.05, 0.1) is 6.07 Å². The molecule has 0 fully saturated rings. The molecular formula is C13H25N5O3. The fourth-order valence-corrected chi connectivity index (χ4v) is 1.05. The maximum Gasteiger partial charge on any atom is 0.321 e. The Hall–Kier alpha value is -2.30. The van der Waals surface area contributed by atoms with Gasteiger partial charge in [-0.15, -0.1) is 0 Å². The molecule has 0 aromatic carbocycles. The molecule has 0 aliphatic carbocycles. The van der Waals surface area contributed by atoms with E-state index in [9.17, 15) is 14.4 Å². The number of imide groups is 1. The number of nitriles is 1. The van der Waals surface area contributed by atoms with Gasteiger partial charge in [0, 0.05) is 13.1 Å². The fraction of sp³-hybridized carbons (Fsp3) is 0.692. The third-order valence-electron chi connectivity index (χ3n) is 2.14. The highest BCUT2D eigenvalue weighted by atomic mass is 16.2. The Morgan fingerprint density at radius 1 is 1.05 bits per heavy atom. The molecule has 0 rings (SSSR count). The largest absolute Gasteiger partial charge is 0.352 e. The molecule has 0 spiro atoms. The van der Waals surface area contributed by atoms with E-state index in [1.807, 2.05) is 12.2 Å². The van der Waals surface area contributed by atoms with Crippen LogP contribution >= 0.6 is 0 Å². The van der Waals surface area contributed by atoms with Crippen LogP contribution in [-0.2, 0) is 4.79 Å². The number of primary amides is 1. The third-order valence-corrected chi connectivity index (χ3v) is 2.14. The van der Waals surface area contributed by atoms with Crippen molar-refractivity contribution < 1.29 is 14.4 Å². The van der Waals surface area contributed by atoms with Gasteiger partial charge in [-0.05, 0) is 12.8 Å². The van der Waals surface area contributed by atoms with Crippen LogP contribution in [0.4, 0.5) is 9.59 Å². The first-order valence-electron chi connectivity index (χ1n) is 6.95. The van der Waals surface area contributed by atoms with Gasteiger partial charge in [-0.3, -0.25) is 10.1 Å². The van der Waals surface area contributed by atoms with Crippen LogP contribution in [0.25, 0.3) is 0 Å². The molecule has 0 aromatic rings. The predicted molar refractivity (Wildman–Crippen MR) is 79.2 cm³/mol. The van der Waals surface area contributed by atoms with Crippen molar-refractivity contribution in [1.82, 2.24) is 16.0 Å². The van der Waals surface area contributed by atoms with Gasteiger partial charge in [0.2, 0.25) is 5.91 Å². The summed E-state index contributed by atoms with van der Waals surface area (Å²) in [5, 5.41) is 15.1. The van der Waals surface area contributed by atoms with Crippen LogP contribution in [-0.4, -0.2) is 31.1 Å². The van der Waals surface area contributed by atoms with E-state index in [2.05, 4.69) is 17.6 Å². The quantitative estimate of drug-likeness (QED) is 0.521. The molecular weight excluding hydrogens is 274 g/mol. The van der Waals surface area contributed by atoms with Crippen LogP contribution in [0.15, 0.2) is 0 Å². The zero-order chi connectivity index (χ0) is 16.5. The highest BCUT2D eigenvalue weighted by Crippen LogP contribution is 1.82. The molecule has 0 radical (unpaired) electrons. The van der Waals surface area contributed by atoms with E-state index in [0.29, 0.717) is 13.1 Å². The lowest BCUT2D eigenvalue weighted by Gasteiger charge is -2.03. The first kappa shape index (κ1) is 21.0. The second kappa shape index (κ2) is 15.8. The molecule has 8 nitrogen and oxygen atoms in total. The van der Waals surface area contributed by atoms with Crippen molar-refractivity contribution in [1.29, 1.82) is 5.26 Å². The van der Waals surface area contributed by atoms with E-state index in [0.717, 1.165) is 25.7 Å². The normalized spacial score (nSPS) is 8.62. The summed E-state index contributed by atoms with van der Waals surface area (Å²) in [6.07, 6.45) is 3.65. The number of nitrogens with zero attached hydrogens (tertiary/aromatic N) is 1. The van der Waals surface area contributed by atoms with Crippen molar-refractivity contribution in [2.45, 2.75) is 46.0 Å². The standard InChI is InChI=1S/C8H13N3O2.C5H12N2O/c1-2-3-6-10-8(13)11-7(12)4-5-9;1-2-3-4-7-5(6)8/h2-4,6H2,1H3,(H2,10,11,12,13);2-4H2,1H3,(H3,6,7,8). The van der Waals surface area contributed by atoms with Crippen molar-refractivity contribution in [3.8, 4) is 6.07 Å². The van der Waals surface area contributed by atoms with Crippen LogP contribution in [0.3, 0.4) is 0 Å².